The molecule has 2 saturated heterocycles. The summed E-state index contributed by atoms with van der Waals surface area (Å²) in [5, 5.41) is 6.55. The van der Waals surface area contributed by atoms with Gasteiger partial charge in [0.05, 0.1) is 16.7 Å². The van der Waals surface area contributed by atoms with E-state index in [0.29, 0.717) is 23.9 Å². The van der Waals surface area contributed by atoms with E-state index in [1.807, 2.05) is 30.5 Å². The first-order chi connectivity index (χ1) is 27.1. The summed E-state index contributed by atoms with van der Waals surface area (Å²) >= 11 is 0. The molecule has 3 amide bonds. The zero-order valence-electron chi connectivity index (χ0n) is 32.3. The summed E-state index contributed by atoms with van der Waals surface area (Å²) in [6, 6.07) is 11.5. The highest BCUT2D eigenvalue weighted by molar-refractivity contribution is 6.01. The fourth-order valence-corrected chi connectivity index (χ4v) is 9.55. The first kappa shape index (κ1) is 35.9. The maximum absolute atomic E-state index is 13.5. The molecular weight excluding hydrogens is 709 g/mol. The Bertz CT molecular complexity index is 2460. The number of nitrogens with zero attached hydrogens (tertiary/aromatic N) is 8. The van der Waals surface area contributed by atoms with Crippen molar-refractivity contribution in [3.05, 3.63) is 76.6 Å². The van der Waals surface area contributed by atoms with Gasteiger partial charge >= 0.3 is 5.69 Å². The highest BCUT2D eigenvalue weighted by Crippen LogP contribution is 2.47. The number of aromatic nitrogens is 6. The van der Waals surface area contributed by atoms with Crippen molar-refractivity contribution in [2.45, 2.75) is 82.7 Å². The van der Waals surface area contributed by atoms with Crippen molar-refractivity contribution in [3.8, 4) is 0 Å². The lowest BCUT2D eigenvalue weighted by Gasteiger charge is -2.44. The van der Waals surface area contributed by atoms with E-state index in [2.05, 4.69) is 43.3 Å². The molecule has 1 aromatic carbocycles. The molecule has 2 aliphatic heterocycles. The second-order valence-electron chi connectivity index (χ2n) is 16.3. The van der Waals surface area contributed by atoms with Crippen LogP contribution in [0.1, 0.15) is 98.8 Å². The molecule has 4 aliphatic rings. The van der Waals surface area contributed by atoms with Crippen LogP contribution in [0, 0.1) is 5.41 Å². The number of rotatable bonds is 7. The van der Waals surface area contributed by atoms with Crippen LogP contribution in [0.3, 0.4) is 0 Å². The lowest BCUT2D eigenvalue weighted by atomic mass is 9.68. The van der Waals surface area contributed by atoms with Crippen molar-refractivity contribution in [2.24, 2.45) is 12.5 Å². The highest BCUT2D eigenvalue weighted by atomic mass is 16.2. The van der Waals surface area contributed by atoms with Gasteiger partial charge in [0.25, 0.3) is 5.91 Å². The number of pyridine rings is 1. The molecule has 2 N–H and O–H groups in total. The zero-order chi connectivity index (χ0) is 38.7. The van der Waals surface area contributed by atoms with E-state index < -0.39 is 11.9 Å². The maximum Gasteiger partial charge on any atom is 0.329 e. The summed E-state index contributed by atoms with van der Waals surface area (Å²) in [4.78, 5) is 69.3. The molecule has 290 valence electrons. The van der Waals surface area contributed by atoms with Gasteiger partial charge in [0.15, 0.2) is 0 Å². The van der Waals surface area contributed by atoms with Gasteiger partial charge in [-0.15, -0.1) is 0 Å². The average Bonchev–Trinajstić information content (AvgIpc) is 3.93. The SMILES string of the molecule is CN(C)C(=O)c1cc2cnc(Nc3ccc(C4=CCC5(CC4)CCN(c4cccc6c4n(C)c(=O)n6[C@@H]4CCC(=O)NC4=O)CC5)cn3)nc2n1C1CCCC1. The molecule has 2 aliphatic carbocycles. The Labute approximate surface area is 324 Å². The number of hydrogen-bond donors (Lipinski definition) is 2. The number of allylic oxidation sites excluding steroid dienone is 2. The molecule has 5 aromatic rings. The van der Waals surface area contributed by atoms with Crippen molar-refractivity contribution < 1.29 is 14.4 Å². The molecule has 14 nitrogen and oxygen atoms in total. The number of benzene rings is 1. The van der Waals surface area contributed by atoms with E-state index in [1.54, 1.807) is 41.4 Å². The van der Waals surface area contributed by atoms with Crippen LogP contribution >= 0.6 is 0 Å². The number of piperidine rings is 2. The number of amides is 3. The van der Waals surface area contributed by atoms with Crippen LogP contribution < -0.4 is 21.2 Å². The number of imide groups is 1. The Morgan fingerprint density at radius 1 is 0.946 bits per heavy atom. The molecule has 14 heteroatoms. The zero-order valence-corrected chi connectivity index (χ0v) is 32.3. The normalized spacial score (nSPS) is 20.2. The van der Waals surface area contributed by atoms with Gasteiger partial charge in [-0.25, -0.2) is 14.8 Å². The molecule has 9 rings (SSSR count). The van der Waals surface area contributed by atoms with Crippen molar-refractivity contribution in [3.63, 3.8) is 0 Å². The summed E-state index contributed by atoms with van der Waals surface area (Å²) in [5.41, 5.74) is 6.41. The monoisotopic (exact) mass is 756 g/mol. The third-order valence-corrected chi connectivity index (χ3v) is 12.7. The number of aryl methyl sites for hydroxylation is 1. The van der Waals surface area contributed by atoms with E-state index in [4.69, 9.17) is 9.97 Å². The highest BCUT2D eigenvalue weighted by Gasteiger charge is 2.37. The lowest BCUT2D eigenvalue weighted by molar-refractivity contribution is -0.135. The summed E-state index contributed by atoms with van der Waals surface area (Å²) in [7, 11) is 5.32. The minimum Gasteiger partial charge on any atom is -0.370 e. The van der Waals surface area contributed by atoms with Crippen molar-refractivity contribution in [1.29, 1.82) is 0 Å². The van der Waals surface area contributed by atoms with Crippen molar-refractivity contribution in [2.75, 3.05) is 37.4 Å². The topological polar surface area (TPSA) is 152 Å². The standard InChI is InChI=1S/C42H48N10O4/c1-48(2)39(55)33-23-28-25-44-40(47-37(28)51(33)29-7-4-5-8-29)45-34-13-11-27(24-43-34)26-15-17-42(18-16-26)19-21-50(22-20-42)30-9-6-10-31-36(30)49(3)41(56)52(31)32-12-14-35(53)46-38(32)54/h6,9-11,13,15,23-25,29,32H,4-5,7-8,12,14,16-22H2,1-3H3,(H,46,53,54)(H,43,44,45,47)/t32-/m1/s1. The summed E-state index contributed by atoms with van der Waals surface area (Å²) in [6.07, 6.45) is 16.2. The van der Waals surface area contributed by atoms with E-state index in [0.717, 1.165) is 104 Å². The molecule has 3 fully saturated rings. The minimum atomic E-state index is -0.700. The molecular formula is C42H48N10O4. The maximum atomic E-state index is 13.5. The summed E-state index contributed by atoms with van der Waals surface area (Å²) in [6.45, 7) is 1.77. The number of fused-ring (bicyclic) bond motifs is 2. The molecule has 0 bridgehead atoms. The van der Waals surface area contributed by atoms with Gasteiger partial charge in [-0.2, -0.15) is 4.98 Å². The number of hydrogen-bond acceptors (Lipinski definition) is 9. The van der Waals surface area contributed by atoms with Gasteiger partial charge in [-0.1, -0.05) is 25.0 Å². The second kappa shape index (κ2) is 14.1. The molecule has 6 heterocycles. The first-order valence-electron chi connectivity index (χ1n) is 19.9. The number of anilines is 3. The fraction of sp³-hybridized carbons (Fsp3) is 0.452. The number of para-hydroxylation sites is 1. The number of carbonyl (C=O) groups excluding carboxylic acids is 3. The smallest absolute Gasteiger partial charge is 0.329 e. The molecule has 56 heavy (non-hydrogen) atoms. The molecule has 1 saturated carbocycles. The predicted octanol–water partition coefficient (Wildman–Crippen LogP) is 5.87. The molecule has 1 spiro atoms. The molecule has 4 aromatic heterocycles. The fourth-order valence-electron chi connectivity index (χ4n) is 9.55. The number of imidazole rings is 1. The first-order valence-corrected chi connectivity index (χ1v) is 19.9. The van der Waals surface area contributed by atoms with Crippen molar-refractivity contribution in [1.82, 2.24) is 38.9 Å². The van der Waals surface area contributed by atoms with Gasteiger partial charge in [0.2, 0.25) is 17.8 Å². The Balaban J connectivity index is 0.869. The molecule has 0 unspecified atom stereocenters. The van der Waals surface area contributed by atoms with E-state index in [-0.39, 0.29) is 35.4 Å². The van der Waals surface area contributed by atoms with Gasteiger partial charge in [0.1, 0.15) is 23.2 Å². The quantitative estimate of drug-likeness (QED) is 0.194. The van der Waals surface area contributed by atoms with Crippen LogP contribution in [0.25, 0.3) is 27.6 Å². The molecule has 0 radical (unpaired) electrons. The van der Waals surface area contributed by atoms with Gasteiger partial charge in [-0.05, 0) is 98.2 Å². The van der Waals surface area contributed by atoms with Crippen LogP contribution in [0.4, 0.5) is 17.5 Å². The second-order valence-corrected chi connectivity index (χ2v) is 16.3. The lowest BCUT2D eigenvalue weighted by Crippen LogP contribution is -2.44. The average molecular weight is 757 g/mol. The van der Waals surface area contributed by atoms with E-state index in [9.17, 15) is 19.2 Å². The van der Waals surface area contributed by atoms with E-state index in [1.165, 1.54) is 5.57 Å². The van der Waals surface area contributed by atoms with E-state index >= 15 is 0 Å². The third kappa shape index (κ3) is 6.24. The van der Waals surface area contributed by atoms with Crippen LogP contribution in [-0.4, -0.2) is 78.5 Å². The van der Waals surface area contributed by atoms with Crippen LogP contribution in [0.15, 0.2) is 59.7 Å². The van der Waals surface area contributed by atoms with Crippen LogP contribution in [0.2, 0.25) is 0 Å². The Kier molecular flexibility index (Phi) is 9.01. The minimum absolute atomic E-state index is 0.0292. The third-order valence-electron chi connectivity index (χ3n) is 12.7. The number of carbonyl (C=O) groups is 3. The van der Waals surface area contributed by atoms with Gasteiger partial charge in [0, 0.05) is 64.5 Å². The van der Waals surface area contributed by atoms with Gasteiger partial charge < -0.3 is 19.7 Å². The number of nitrogens with one attached hydrogen (secondary N) is 2. The Morgan fingerprint density at radius 2 is 1.75 bits per heavy atom. The Hall–Kier alpha value is -5.79. The largest absolute Gasteiger partial charge is 0.370 e. The molecule has 1 atom stereocenters. The summed E-state index contributed by atoms with van der Waals surface area (Å²) < 4.78 is 5.33. The van der Waals surface area contributed by atoms with Crippen LogP contribution in [0.5, 0.6) is 0 Å². The summed E-state index contributed by atoms with van der Waals surface area (Å²) in [5.74, 6) is 0.373. The van der Waals surface area contributed by atoms with Crippen molar-refractivity contribution >= 4 is 62.8 Å². The Morgan fingerprint density at radius 3 is 2.45 bits per heavy atom. The van der Waals surface area contributed by atoms with Gasteiger partial charge in [-0.3, -0.25) is 28.8 Å². The van der Waals surface area contributed by atoms with Crippen LogP contribution in [-0.2, 0) is 16.6 Å². The predicted molar refractivity (Wildman–Crippen MR) is 215 cm³/mol.